The maximum atomic E-state index is 13.2. The van der Waals surface area contributed by atoms with Gasteiger partial charge in [-0.3, -0.25) is 0 Å². The zero-order valence-electron chi connectivity index (χ0n) is 8.11. The minimum absolute atomic E-state index is 0.381. The Morgan fingerprint density at radius 1 is 1.19 bits per heavy atom. The molecule has 1 aromatic carbocycles. The van der Waals surface area contributed by atoms with Gasteiger partial charge in [0.1, 0.15) is 11.9 Å². The van der Waals surface area contributed by atoms with Gasteiger partial charge in [-0.15, -0.1) is 0 Å². The molecule has 1 atom stereocenters. The topological polar surface area (TPSA) is 35.2 Å². The summed E-state index contributed by atoms with van der Waals surface area (Å²) in [7, 11) is 1.07. The van der Waals surface area contributed by atoms with Crippen molar-refractivity contribution in [3.63, 3.8) is 0 Å². The zero-order chi connectivity index (χ0) is 12.5. The molecule has 2 N–H and O–H groups in total. The number of alkyl halides is 3. The summed E-state index contributed by atoms with van der Waals surface area (Å²) in [6.07, 6.45) is -4.83. The number of hydrogen-bond acceptors (Lipinski definition) is 2. The summed E-state index contributed by atoms with van der Waals surface area (Å²) in [6.45, 7) is 0. The van der Waals surface area contributed by atoms with Crippen LogP contribution in [0.5, 0.6) is 5.75 Å². The van der Waals surface area contributed by atoms with Crippen LogP contribution in [0.1, 0.15) is 11.6 Å². The van der Waals surface area contributed by atoms with Gasteiger partial charge in [0.15, 0.2) is 11.6 Å². The average molecular weight is 241 g/mol. The van der Waals surface area contributed by atoms with E-state index in [0.29, 0.717) is 12.1 Å². The van der Waals surface area contributed by atoms with E-state index in [1.54, 1.807) is 0 Å². The predicted molar refractivity (Wildman–Crippen MR) is 45.9 cm³/mol. The van der Waals surface area contributed by atoms with Crippen LogP contribution in [-0.4, -0.2) is 13.3 Å². The van der Waals surface area contributed by atoms with Crippen LogP contribution in [0.4, 0.5) is 22.0 Å². The van der Waals surface area contributed by atoms with E-state index in [1.807, 2.05) is 0 Å². The first kappa shape index (κ1) is 12.7. The predicted octanol–water partition coefficient (Wildman–Crippen LogP) is 2.54. The Hall–Kier alpha value is -1.37. The molecule has 0 radical (unpaired) electrons. The van der Waals surface area contributed by atoms with Gasteiger partial charge in [-0.2, -0.15) is 13.2 Å². The lowest BCUT2D eigenvalue weighted by molar-refractivity contribution is -0.149. The maximum Gasteiger partial charge on any atom is 0.407 e. The van der Waals surface area contributed by atoms with Crippen LogP contribution in [0.15, 0.2) is 12.1 Å². The summed E-state index contributed by atoms with van der Waals surface area (Å²) in [5.74, 6) is -2.84. The second-order valence-electron chi connectivity index (χ2n) is 3.03. The number of ether oxygens (including phenoxy) is 1. The first-order chi connectivity index (χ1) is 7.27. The molecule has 1 rings (SSSR count). The monoisotopic (exact) mass is 241 g/mol. The highest BCUT2D eigenvalue weighted by Gasteiger charge is 2.39. The van der Waals surface area contributed by atoms with E-state index in [4.69, 9.17) is 5.73 Å². The number of rotatable bonds is 2. The molecule has 0 heterocycles. The second kappa shape index (κ2) is 4.25. The Labute approximate surface area is 87.8 Å². The molecule has 0 unspecified atom stereocenters. The van der Waals surface area contributed by atoms with Crippen molar-refractivity contribution >= 4 is 0 Å². The van der Waals surface area contributed by atoms with Gasteiger partial charge in [0.2, 0.25) is 0 Å². The molecule has 2 nitrogen and oxygen atoms in total. The van der Waals surface area contributed by atoms with Crippen molar-refractivity contribution in [2.45, 2.75) is 12.2 Å². The molecular weight excluding hydrogens is 233 g/mol. The Morgan fingerprint density at radius 3 is 2.19 bits per heavy atom. The van der Waals surface area contributed by atoms with Crippen LogP contribution in [-0.2, 0) is 0 Å². The second-order valence-corrected chi connectivity index (χ2v) is 3.03. The van der Waals surface area contributed by atoms with Crippen LogP contribution in [0.2, 0.25) is 0 Å². The van der Waals surface area contributed by atoms with Crippen LogP contribution in [0, 0.1) is 11.6 Å². The van der Waals surface area contributed by atoms with Crippen molar-refractivity contribution in [2.75, 3.05) is 7.11 Å². The van der Waals surface area contributed by atoms with E-state index < -0.39 is 35.2 Å². The molecule has 0 aromatic heterocycles. The number of methoxy groups -OCH3 is 1. The highest BCUT2D eigenvalue weighted by atomic mass is 19.4. The first-order valence-electron chi connectivity index (χ1n) is 4.12. The molecule has 0 amide bonds. The maximum absolute atomic E-state index is 13.2. The lowest BCUT2D eigenvalue weighted by atomic mass is 10.1. The third-order valence-corrected chi connectivity index (χ3v) is 1.96. The van der Waals surface area contributed by atoms with E-state index in [9.17, 15) is 22.0 Å². The first-order valence-corrected chi connectivity index (χ1v) is 4.12. The molecule has 16 heavy (non-hydrogen) atoms. The molecule has 7 heteroatoms. The van der Waals surface area contributed by atoms with Crippen molar-refractivity contribution in [3.05, 3.63) is 29.3 Å². The lowest BCUT2D eigenvalue weighted by Gasteiger charge is -2.17. The van der Waals surface area contributed by atoms with Crippen molar-refractivity contribution in [1.29, 1.82) is 0 Å². The molecule has 0 aliphatic carbocycles. The summed E-state index contributed by atoms with van der Waals surface area (Å²) >= 11 is 0. The molecule has 0 aliphatic heterocycles. The fraction of sp³-hybridized carbons (Fsp3) is 0.333. The Bertz CT molecular complexity index is 390. The summed E-state index contributed by atoms with van der Waals surface area (Å²) in [4.78, 5) is 0. The third kappa shape index (κ3) is 2.41. The Kier molecular flexibility index (Phi) is 3.37. The van der Waals surface area contributed by atoms with Crippen molar-refractivity contribution in [1.82, 2.24) is 0 Å². The summed E-state index contributed by atoms with van der Waals surface area (Å²) in [5, 5.41) is 0. The number of halogens is 5. The van der Waals surface area contributed by atoms with Gasteiger partial charge in [0.05, 0.1) is 7.11 Å². The number of hydrogen-bond donors (Lipinski definition) is 1. The summed E-state index contributed by atoms with van der Waals surface area (Å²) in [5.41, 5.74) is 3.81. The van der Waals surface area contributed by atoms with Crippen LogP contribution < -0.4 is 10.5 Å². The highest BCUT2D eigenvalue weighted by molar-refractivity contribution is 5.33. The quantitative estimate of drug-likeness (QED) is 0.807. The standard InChI is InChI=1S/C9H8F5NO/c1-16-7-3-5(10)4(2-6(7)11)8(15)9(12,13)14/h2-3,8H,15H2,1H3/t8-/m1/s1. The molecule has 90 valence electrons. The van der Waals surface area contributed by atoms with Gasteiger partial charge < -0.3 is 10.5 Å². The molecular formula is C9H8F5NO. The fourth-order valence-corrected chi connectivity index (χ4v) is 1.12. The van der Waals surface area contributed by atoms with Crippen molar-refractivity contribution in [3.8, 4) is 5.75 Å². The third-order valence-electron chi connectivity index (χ3n) is 1.96. The van der Waals surface area contributed by atoms with E-state index in [-0.39, 0.29) is 0 Å². The van der Waals surface area contributed by atoms with E-state index >= 15 is 0 Å². The normalized spacial score (nSPS) is 13.7. The lowest BCUT2D eigenvalue weighted by Crippen LogP contribution is -2.29. The Balaban J connectivity index is 3.21. The molecule has 0 fully saturated rings. The average Bonchev–Trinajstić information content (AvgIpc) is 2.18. The molecule has 0 saturated carbocycles. The van der Waals surface area contributed by atoms with Gasteiger partial charge in [0.25, 0.3) is 0 Å². The van der Waals surface area contributed by atoms with E-state index in [1.165, 1.54) is 0 Å². The van der Waals surface area contributed by atoms with Gasteiger partial charge >= 0.3 is 6.18 Å². The number of nitrogens with two attached hydrogens (primary N) is 1. The minimum Gasteiger partial charge on any atom is -0.494 e. The SMILES string of the molecule is COc1cc(F)c([C@@H](N)C(F)(F)F)cc1F. The largest absolute Gasteiger partial charge is 0.494 e. The van der Waals surface area contributed by atoms with Crippen molar-refractivity contribution in [2.24, 2.45) is 5.73 Å². The molecule has 0 bridgehead atoms. The van der Waals surface area contributed by atoms with Crippen molar-refractivity contribution < 1.29 is 26.7 Å². The van der Waals surface area contributed by atoms with E-state index in [2.05, 4.69) is 4.74 Å². The van der Waals surface area contributed by atoms with E-state index in [0.717, 1.165) is 7.11 Å². The highest BCUT2D eigenvalue weighted by Crippen LogP contribution is 2.33. The van der Waals surface area contributed by atoms with Crippen LogP contribution in [0.3, 0.4) is 0 Å². The fourth-order valence-electron chi connectivity index (χ4n) is 1.12. The molecule has 0 aliphatic rings. The van der Waals surface area contributed by atoms with Crippen LogP contribution >= 0.6 is 0 Å². The number of benzene rings is 1. The minimum atomic E-state index is -4.83. The van der Waals surface area contributed by atoms with Gasteiger partial charge in [0, 0.05) is 11.6 Å². The Morgan fingerprint density at radius 2 is 1.75 bits per heavy atom. The van der Waals surface area contributed by atoms with Crippen LogP contribution in [0.25, 0.3) is 0 Å². The molecule has 0 spiro atoms. The van der Waals surface area contributed by atoms with Gasteiger partial charge in [-0.05, 0) is 6.07 Å². The summed E-state index contributed by atoms with van der Waals surface area (Å²) < 4.78 is 67.2. The molecule has 0 saturated heterocycles. The zero-order valence-corrected chi connectivity index (χ0v) is 8.11. The molecule has 1 aromatic rings. The summed E-state index contributed by atoms with van der Waals surface area (Å²) in [6, 6.07) is -1.66. The smallest absolute Gasteiger partial charge is 0.407 e. The van der Waals surface area contributed by atoms with Gasteiger partial charge in [-0.1, -0.05) is 0 Å². The van der Waals surface area contributed by atoms with Gasteiger partial charge in [-0.25, -0.2) is 8.78 Å².